The molecule has 0 bridgehead atoms. The van der Waals surface area contributed by atoms with Crippen molar-refractivity contribution >= 4 is 11.8 Å². The highest BCUT2D eigenvalue weighted by molar-refractivity contribution is 5.87. The summed E-state index contributed by atoms with van der Waals surface area (Å²) in [7, 11) is 0. The van der Waals surface area contributed by atoms with Gasteiger partial charge in [-0.05, 0) is 32.4 Å². The molecule has 0 aromatic heterocycles. The molecule has 0 aliphatic carbocycles. The van der Waals surface area contributed by atoms with Crippen LogP contribution in [0.4, 0.5) is 0 Å². The number of amides is 2. The van der Waals surface area contributed by atoms with Crippen LogP contribution in [-0.4, -0.2) is 30.1 Å². The average molecular weight is 382 g/mol. The quantitative estimate of drug-likeness (QED) is 0.772. The van der Waals surface area contributed by atoms with Gasteiger partial charge in [0.2, 0.25) is 5.91 Å². The van der Waals surface area contributed by atoms with Gasteiger partial charge in [0, 0.05) is 18.5 Å². The highest BCUT2D eigenvalue weighted by Gasteiger charge is 2.32. The first-order chi connectivity index (χ1) is 13.3. The lowest BCUT2D eigenvalue weighted by Gasteiger charge is -2.18. The molecule has 0 radical (unpaired) electrons. The summed E-state index contributed by atoms with van der Waals surface area (Å²) < 4.78 is 11.6. The fraction of sp³-hybridized carbons (Fsp3) is 0.364. The largest absolute Gasteiger partial charge is 0.483 e. The summed E-state index contributed by atoms with van der Waals surface area (Å²) in [6.45, 7) is 5.90. The lowest BCUT2D eigenvalue weighted by atomic mass is 10.0. The molecular weight excluding hydrogens is 356 g/mol. The minimum absolute atomic E-state index is 0.184. The minimum atomic E-state index is -0.656. The Morgan fingerprint density at radius 3 is 2.64 bits per heavy atom. The van der Waals surface area contributed by atoms with E-state index in [9.17, 15) is 9.59 Å². The van der Waals surface area contributed by atoms with E-state index in [1.165, 1.54) is 0 Å². The predicted molar refractivity (Wildman–Crippen MR) is 106 cm³/mol. The summed E-state index contributed by atoms with van der Waals surface area (Å²) in [6, 6.07) is 14.6. The monoisotopic (exact) mass is 382 g/mol. The first-order valence-electron chi connectivity index (χ1n) is 9.39. The molecule has 148 valence electrons. The van der Waals surface area contributed by atoms with Gasteiger partial charge in [-0.15, -0.1) is 0 Å². The highest BCUT2D eigenvalue weighted by Crippen LogP contribution is 2.41. The molecule has 6 nitrogen and oxygen atoms in total. The highest BCUT2D eigenvalue weighted by atomic mass is 16.5. The lowest BCUT2D eigenvalue weighted by molar-refractivity contribution is -0.129. The van der Waals surface area contributed by atoms with Crippen molar-refractivity contribution in [2.24, 2.45) is 0 Å². The van der Waals surface area contributed by atoms with Gasteiger partial charge in [-0.25, -0.2) is 0 Å². The Labute approximate surface area is 165 Å². The SMILES string of the molecule is CC(NC(=O)COc1cccc2c1OC(C)(C)C2)C(=O)NCc1ccccc1. The molecule has 1 unspecified atom stereocenters. The van der Waals surface area contributed by atoms with Crippen molar-refractivity contribution in [3.05, 3.63) is 59.7 Å². The Balaban J connectivity index is 1.47. The Morgan fingerprint density at radius 1 is 1.14 bits per heavy atom. The first-order valence-corrected chi connectivity index (χ1v) is 9.39. The van der Waals surface area contributed by atoms with Crippen LogP contribution in [0.1, 0.15) is 31.9 Å². The molecule has 2 N–H and O–H groups in total. The molecule has 0 spiro atoms. The number of nitrogens with one attached hydrogen (secondary N) is 2. The fourth-order valence-corrected chi connectivity index (χ4v) is 3.13. The second kappa shape index (κ2) is 8.33. The van der Waals surface area contributed by atoms with Crippen LogP contribution in [0.15, 0.2) is 48.5 Å². The smallest absolute Gasteiger partial charge is 0.258 e. The lowest BCUT2D eigenvalue weighted by Crippen LogP contribution is -2.46. The third kappa shape index (κ3) is 5.03. The van der Waals surface area contributed by atoms with Crippen LogP contribution < -0.4 is 20.1 Å². The molecule has 0 saturated heterocycles. The fourth-order valence-electron chi connectivity index (χ4n) is 3.13. The van der Waals surface area contributed by atoms with Crippen LogP contribution in [0.5, 0.6) is 11.5 Å². The number of carbonyl (C=O) groups excluding carboxylic acids is 2. The van der Waals surface area contributed by atoms with Crippen LogP contribution in [0.3, 0.4) is 0 Å². The summed E-state index contributed by atoms with van der Waals surface area (Å²) in [6.07, 6.45) is 0.796. The van der Waals surface area contributed by atoms with Gasteiger partial charge >= 0.3 is 0 Å². The third-order valence-corrected chi connectivity index (χ3v) is 4.49. The summed E-state index contributed by atoms with van der Waals surface area (Å²) in [5.74, 6) is 0.619. The molecule has 3 rings (SSSR count). The maximum Gasteiger partial charge on any atom is 0.258 e. The predicted octanol–water partition coefficient (Wildman–Crippen LogP) is 2.60. The van der Waals surface area contributed by atoms with Crippen LogP contribution in [0.25, 0.3) is 0 Å². The van der Waals surface area contributed by atoms with E-state index in [0.717, 1.165) is 17.5 Å². The van der Waals surface area contributed by atoms with Crippen molar-refractivity contribution in [1.29, 1.82) is 0 Å². The van der Waals surface area contributed by atoms with Crippen molar-refractivity contribution in [2.75, 3.05) is 6.61 Å². The van der Waals surface area contributed by atoms with E-state index in [1.807, 2.05) is 56.3 Å². The van der Waals surface area contributed by atoms with Crippen molar-refractivity contribution in [3.8, 4) is 11.5 Å². The Bertz CT molecular complexity index is 849. The van der Waals surface area contributed by atoms with Crippen molar-refractivity contribution in [3.63, 3.8) is 0 Å². The van der Waals surface area contributed by atoms with E-state index in [2.05, 4.69) is 10.6 Å². The number of rotatable bonds is 7. The molecular formula is C22H26N2O4. The molecule has 1 aliphatic heterocycles. The number of hydrogen-bond donors (Lipinski definition) is 2. The number of carbonyl (C=O) groups is 2. The molecule has 0 saturated carbocycles. The van der Waals surface area contributed by atoms with Crippen molar-refractivity contribution in [2.45, 2.75) is 45.4 Å². The van der Waals surface area contributed by atoms with E-state index in [1.54, 1.807) is 13.0 Å². The molecule has 2 aromatic carbocycles. The normalized spacial score (nSPS) is 15.1. The average Bonchev–Trinajstić information content (AvgIpc) is 2.99. The number of benzene rings is 2. The molecule has 0 fully saturated rings. The zero-order valence-electron chi connectivity index (χ0n) is 16.5. The van der Waals surface area contributed by atoms with Crippen LogP contribution in [0, 0.1) is 0 Å². The summed E-state index contributed by atoms with van der Waals surface area (Å²) in [5, 5.41) is 5.46. The van der Waals surface area contributed by atoms with E-state index < -0.39 is 6.04 Å². The number of fused-ring (bicyclic) bond motifs is 1. The molecule has 6 heteroatoms. The van der Waals surface area contributed by atoms with Gasteiger partial charge in [-0.1, -0.05) is 42.5 Å². The maximum absolute atomic E-state index is 12.2. The Hall–Kier alpha value is -3.02. The van der Waals surface area contributed by atoms with Gasteiger partial charge in [0.15, 0.2) is 18.1 Å². The van der Waals surface area contributed by atoms with Gasteiger partial charge in [-0.3, -0.25) is 9.59 Å². The second-order valence-corrected chi connectivity index (χ2v) is 7.56. The zero-order chi connectivity index (χ0) is 20.1. The summed E-state index contributed by atoms with van der Waals surface area (Å²) in [5.41, 5.74) is 1.78. The molecule has 1 aliphatic rings. The van der Waals surface area contributed by atoms with Gasteiger partial charge in [0.05, 0.1) is 0 Å². The van der Waals surface area contributed by atoms with E-state index in [0.29, 0.717) is 18.0 Å². The standard InChI is InChI=1S/C22H26N2O4/c1-15(21(26)23-13-16-8-5-4-6-9-16)24-19(25)14-27-18-11-7-10-17-12-22(2,3)28-20(17)18/h4-11,15H,12-14H2,1-3H3,(H,23,26)(H,24,25). The molecule has 2 amide bonds. The third-order valence-electron chi connectivity index (χ3n) is 4.49. The van der Waals surface area contributed by atoms with Crippen LogP contribution >= 0.6 is 0 Å². The first kappa shape index (κ1) is 19.7. The topological polar surface area (TPSA) is 76.7 Å². The zero-order valence-corrected chi connectivity index (χ0v) is 16.5. The van der Waals surface area contributed by atoms with Gasteiger partial charge in [0.1, 0.15) is 11.6 Å². The summed E-state index contributed by atoms with van der Waals surface area (Å²) in [4.78, 5) is 24.3. The van der Waals surface area contributed by atoms with Gasteiger partial charge in [0.25, 0.3) is 5.91 Å². The van der Waals surface area contributed by atoms with Gasteiger partial charge < -0.3 is 20.1 Å². The molecule has 1 atom stereocenters. The van der Waals surface area contributed by atoms with Gasteiger partial charge in [-0.2, -0.15) is 0 Å². The Morgan fingerprint density at radius 2 is 1.89 bits per heavy atom. The van der Waals surface area contributed by atoms with Crippen LogP contribution in [-0.2, 0) is 22.6 Å². The number of hydrogen-bond acceptors (Lipinski definition) is 4. The summed E-state index contributed by atoms with van der Waals surface area (Å²) >= 11 is 0. The van der Waals surface area contributed by atoms with Crippen molar-refractivity contribution in [1.82, 2.24) is 10.6 Å². The van der Waals surface area contributed by atoms with Crippen molar-refractivity contribution < 1.29 is 19.1 Å². The molecule has 28 heavy (non-hydrogen) atoms. The number of para-hydroxylation sites is 1. The second-order valence-electron chi connectivity index (χ2n) is 7.56. The number of ether oxygens (including phenoxy) is 2. The molecule has 2 aromatic rings. The van der Waals surface area contributed by atoms with Crippen LogP contribution in [0.2, 0.25) is 0 Å². The minimum Gasteiger partial charge on any atom is -0.483 e. The van der Waals surface area contributed by atoms with E-state index in [-0.39, 0.29) is 24.0 Å². The molecule has 1 heterocycles. The Kier molecular flexibility index (Phi) is 5.87. The van der Waals surface area contributed by atoms with E-state index >= 15 is 0 Å². The van der Waals surface area contributed by atoms with E-state index in [4.69, 9.17) is 9.47 Å². The maximum atomic E-state index is 12.2.